The summed E-state index contributed by atoms with van der Waals surface area (Å²) in [6, 6.07) is 18.8. The Morgan fingerprint density at radius 2 is 1.73 bits per heavy atom. The van der Waals surface area contributed by atoms with E-state index in [9.17, 15) is 10.1 Å². The quantitative estimate of drug-likeness (QED) is 0.156. The lowest BCUT2D eigenvalue weighted by Gasteiger charge is -2.20. The fraction of sp³-hybridized carbons (Fsp3) is 0.368. The first-order chi connectivity index (χ1) is 23.2. The molecule has 0 bridgehead atoms. The van der Waals surface area contributed by atoms with E-state index in [1.165, 1.54) is 0 Å². The highest BCUT2D eigenvalue weighted by molar-refractivity contribution is 7.15. The van der Waals surface area contributed by atoms with Crippen LogP contribution in [0.4, 0.5) is 0 Å². The summed E-state index contributed by atoms with van der Waals surface area (Å²) in [7, 11) is 1.84. The lowest BCUT2D eigenvalue weighted by Crippen LogP contribution is -2.37. The molecule has 0 atom stereocenters. The molecule has 1 aliphatic rings. The Bertz CT molecular complexity index is 1980. The zero-order valence-electron chi connectivity index (χ0n) is 28.3. The minimum Gasteiger partial charge on any atom is -0.435 e. The molecule has 1 aliphatic heterocycles. The largest absolute Gasteiger partial charge is 0.435 e. The number of aliphatic hydroxyl groups excluding tert-OH is 1. The van der Waals surface area contributed by atoms with Crippen molar-refractivity contribution >= 4 is 28.3 Å². The summed E-state index contributed by atoms with van der Waals surface area (Å²) in [5.74, 6) is 0.551. The van der Waals surface area contributed by atoms with Crippen LogP contribution in [0.15, 0.2) is 52.9 Å². The number of rotatable bonds is 12. The molecule has 1 N–H and O–H groups in total. The Balaban J connectivity index is 1.28. The zero-order chi connectivity index (χ0) is 33.9. The third kappa shape index (κ3) is 6.64. The molecule has 6 rings (SSSR count). The van der Waals surface area contributed by atoms with E-state index in [0.29, 0.717) is 42.2 Å². The number of carbonyl (C=O) groups excluding carboxylic acids is 1. The molecule has 9 nitrogen and oxygen atoms in total. The van der Waals surface area contributed by atoms with Crippen molar-refractivity contribution in [2.75, 3.05) is 39.8 Å². The molecule has 3 heterocycles. The van der Waals surface area contributed by atoms with Gasteiger partial charge in [-0.3, -0.25) is 14.6 Å². The number of carbonyl (C=O) groups is 1. The highest BCUT2D eigenvalue weighted by Crippen LogP contribution is 2.40. The van der Waals surface area contributed by atoms with Gasteiger partial charge in [-0.05, 0) is 86.4 Å². The molecule has 0 spiro atoms. The van der Waals surface area contributed by atoms with Crippen LogP contribution >= 0.6 is 11.3 Å². The van der Waals surface area contributed by atoms with Crippen LogP contribution in [0.25, 0.3) is 44.3 Å². The van der Waals surface area contributed by atoms with E-state index in [-0.39, 0.29) is 19.1 Å². The number of fused-ring (bicyclic) bond motifs is 2. The summed E-state index contributed by atoms with van der Waals surface area (Å²) in [6.07, 6.45) is 1.07. The van der Waals surface area contributed by atoms with Crippen LogP contribution in [0.1, 0.15) is 53.1 Å². The lowest BCUT2D eigenvalue weighted by atomic mass is 9.91. The minimum atomic E-state index is 0.0303. The second kappa shape index (κ2) is 14.4. The van der Waals surface area contributed by atoms with Gasteiger partial charge in [-0.1, -0.05) is 44.2 Å². The lowest BCUT2D eigenvalue weighted by molar-refractivity contribution is -0.132. The minimum absolute atomic E-state index is 0.0303. The van der Waals surface area contributed by atoms with E-state index in [4.69, 9.17) is 19.5 Å². The summed E-state index contributed by atoms with van der Waals surface area (Å²) >= 11 is 1.65. The van der Waals surface area contributed by atoms with E-state index in [2.05, 4.69) is 62.9 Å². The molecule has 0 saturated carbocycles. The summed E-state index contributed by atoms with van der Waals surface area (Å²) < 4.78 is 6.30. The first-order valence-corrected chi connectivity index (χ1v) is 17.4. The molecule has 0 radical (unpaired) electrons. The monoisotopic (exact) mass is 662 g/mol. The van der Waals surface area contributed by atoms with Gasteiger partial charge < -0.3 is 14.4 Å². The third-order valence-corrected chi connectivity index (χ3v) is 10.3. The van der Waals surface area contributed by atoms with Crippen molar-refractivity contribution in [1.82, 2.24) is 24.7 Å². The van der Waals surface area contributed by atoms with Crippen molar-refractivity contribution < 1.29 is 14.3 Å². The average Bonchev–Trinajstić information content (AvgIpc) is 3.79. The van der Waals surface area contributed by atoms with E-state index < -0.39 is 0 Å². The topological polar surface area (TPSA) is 110 Å². The molecule has 0 aliphatic carbocycles. The number of nitrogens with zero attached hydrogens (tertiary/aromatic N) is 6. The molecule has 3 aromatic carbocycles. The van der Waals surface area contributed by atoms with Crippen molar-refractivity contribution in [3.63, 3.8) is 0 Å². The number of thiazole rings is 1. The Morgan fingerprint density at radius 1 is 1.02 bits per heavy atom. The predicted octanol–water partition coefficient (Wildman–Crippen LogP) is 6.77. The molecule has 248 valence electrons. The van der Waals surface area contributed by atoms with Crippen LogP contribution in [0, 0.1) is 25.2 Å². The Morgan fingerprint density at radius 3 is 2.40 bits per heavy atom. The number of oxazole rings is 1. The standard InChI is InChI=1S/C38H42N6O3S/c1-6-14-43(7-2)20-26-17-27(19-39)36-32(18-26)40-37(47-36)30-12-8-10-28(24(30)3)29-11-9-13-31(25(29)4)38-41-33-21-44(22-34(33)48-38)35(46)23-42(5)15-16-45/h8-13,17-18,45H,6-7,14-16,20-23H2,1-5H3. The van der Waals surface area contributed by atoms with Crippen molar-refractivity contribution in [2.45, 2.75) is 53.8 Å². The second-order valence-electron chi connectivity index (χ2n) is 12.5. The molecule has 48 heavy (non-hydrogen) atoms. The van der Waals surface area contributed by atoms with Crippen molar-refractivity contribution in [2.24, 2.45) is 0 Å². The molecule has 10 heteroatoms. The predicted molar refractivity (Wildman–Crippen MR) is 190 cm³/mol. The number of nitriles is 1. The van der Waals surface area contributed by atoms with Gasteiger partial charge >= 0.3 is 0 Å². The fourth-order valence-corrected chi connectivity index (χ4v) is 7.70. The summed E-state index contributed by atoms with van der Waals surface area (Å²) in [5, 5.41) is 20.1. The van der Waals surface area contributed by atoms with E-state index in [0.717, 1.165) is 80.6 Å². The van der Waals surface area contributed by atoms with E-state index in [1.54, 1.807) is 11.3 Å². The van der Waals surface area contributed by atoms with E-state index >= 15 is 0 Å². The molecule has 0 fully saturated rings. The number of hydrogen-bond acceptors (Lipinski definition) is 9. The molecular weight excluding hydrogens is 621 g/mol. The fourth-order valence-electron chi connectivity index (χ4n) is 6.53. The van der Waals surface area contributed by atoms with Crippen LogP contribution in [0.2, 0.25) is 0 Å². The Kier molecular flexibility index (Phi) is 10.0. The van der Waals surface area contributed by atoms with Gasteiger partial charge in [-0.15, -0.1) is 11.3 Å². The summed E-state index contributed by atoms with van der Waals surface area (Å²) in [4.78, 5) is 29.8. The number of aromatic nitrogens is 2. The maximum Gasteiger partial charge on any atom is 0.237 e. The smallest absolute Gasteiger partial charge is 0.237 e. The van der Waals surface area contributed by atoms with Gasteiger partial charge in [0.2, 0.25) is 11.8 Å². The van der Waals surface area contributed by atoms with Crippen molar-refractivity contribution in [3.05, 3.63) is 81.4 Å². The highest BCUT2D eigenvalue weighted by atomic mass is 32.1. The first kappa shape index (κ1) is 33.5. The van der Waals surface area contributed by atoms with Crippen LogP contribution < -0.4 is 0 Å². The van der Waals surface area contributed by atoms with Crippen LogP contribution in [0.5, 0.6) is 0 Å². The summed E-state index contributed by atoms with van der Waals surface area (Å²) in [5.41, 5.74) is 10.1. The number of benzene rings is 3. The number of likely N-dealkylation sites (N-methyl/N-ethyl adjacent to an activating group) is 1. The zero-order valence-corrected chi connectivity index (χ0v) is 29.2. The van der Waals surface area contributed by atoms with Gasteiger partial charge in [-0.25, -0.2) is 9.97 Å². The molecule has 0 saturated heterocycles. The number of aliphatic hydroxyl groups is 1. The van der Waals surface area contributed by atoms with Gasteiger partial charge in [0.15, 0.2) is 5.58 Å². The molecule has 2 aromatic heterocycles. The maximum atomic E-state index is 12.8. The highest BCUT2D eigenvalue weighted by Gasteiger charge is 2.28. The van der Waals surface area contributed by atoms with Crippen LogP contribution in [0.3, 0.4) is 0 Å². The SMILES string of the molecule is CCCN(CC)Cc1cc(C#N)c2oc(-c3cccc(-c4cccc(-c5nc6c(s5)CN(C(=O)CN(C)CCO)C6)c4C)c3C)nc2c1. The van der Waals surface area contributed by atoms with Crippen molar-refractivity contribution in [3.8, 4) is 39.2 Å². The Hall–Kier alpha value is -4.40. The van der Waals surface area contributed by atoms with E-state index in [1.807, 2.05) is 41.1 Å². The number of hydrogen-bond donors (Lipinski definition) is 1. The number of amides is 1. The molecule has 5 aromatic rings. The first-order valence-electron chi connectivity index (χ1n) is 16.6. The van der Waals surface area contributed by atoms with Crippen LogP contribution in [-0.2, 0) is 24.4 Å². The summed E-state index contributed by atoms with van der Waals surface area (Å²) in [6.45, 7) is 13.1. The van der Waals surface area contributed by atoms with Gasteiger partial charge in [0.05, 0.1) is 37.5 Å². The molecule has 0 unspecified atom stereocenters. The van der Waals surface area contributed by atoms with Crippen LogP contribution in [-0.4, -0.2) is 75.5 Å². The molecule has 1 amide bonds. The maximum absolute atomic E-state index is 12.8. The van der Waals surface area contributed by atoms with Gasteiger partial charge in [0, 0.05) is 29.1 Å². The van der Waals surface area contributed by atoms with Gasteiger partial charge in [0.25, 0.3) is 0 Å². The van der Waals surface area contributed by atoms with Gasteiger partial charge in [0.1, 0.15) is 16.6 Å². The van der Waals surface area contributed by atoms with Crippen molar-refractivity contribution in [1.29, 1.82) is 5.26 Å². The Labute approximate surface area is 286 Å². The van der Waals surface area contributed by atoms with Gasteiger partial charge in [-0.2, -0.15) is 5.26 Å². The molecular formula is C38H42N6O3S. The average molecular weight is 663 g/mol. The normalized spacial score (nSPS) is 12.8. The third-order valence-electron chi connectivity index (χ3n) is 9.18. The second-order valence-corrected chi connectivity index (χ2v) is 13.6.